The van der Waals surface area contributed by atoms with Gasteiger partial charge in [0.15, 0.2) is 6.10 Å². The van der Waals surface area contributed by atoms with Gasteiger partial charge in [0.05, 0.1) is 12.2 Å². The van der Waals surface area contributed by atoms with Gasteiger partial charge in [0, 0.05) is 7.05 Å². The zero-order chi connectivity index (χ0) is 13.4. The molecule has 1 aromatic heterocycles. The van der Waals surface area contributed by atoms with Gasteiger partial charge in [-0.15, -0.1) is 0 Å². The third-order valence-electron chi connectivity index (χ3n) is 3.22. The minimum atomic E-state index is -0.303. The highest BCUT2D eigenvalue weighted by Crippen LogP contribution is 2.37. The Bertz CT molecular complexity index is 657. The Morgan fingerprint density at radius 2 is 2.32 bits per heavy atom. The van der Waals surface area contributed by atoms with Gasteiger partial charge in [-0.05, 0) is 12.1 Å². The minimum absolute atomic E-state index is 0.280. The number of fused-ring (bicyclic) bond motifs is 1. The van der Waals surface area contributed by atoms with E-state index in [1.54, 1.807) is 0 Å². The van der Waals surface area contributed by atoms with Crippen molar-refractivity contribution in [2.45, 2.75) is 6.10 Å². The van der Waals surface area contributed by atoms with Gasteiger partial charge in [0.1, 0.15) is 28.9 Å². The first-order valence-electron chi connectivity index (χ1n) is 5.91. The van der Waals surface area contributed by atoms with Gasteiger partial charge < -0.3 is 15.4 Å². The summed E-state index contributed by atoms with van der Waals surface area (Å²) in [4.78, 5) is 2.08. The van der Waals surface area contributed by atoms with Crippen LogP contribution in [0.4, 0.5) is 11.5 Å². The number of H-pyrrole nitrogens is 1. The molecule has 0 amide bonds. The maximum Gasteiger partial charge on any atom is 0.161 e. The highest BCUT2D eigenvalue weighted by atomic mass is 16.5. The maximum atomic E-state index is 9.12. The van der Waals surface area contributed by atoms with Gasteiger partial charge in [0.2, 0.25) is 0 Å². The van der Waals surface area contributed by atoms with E-state index in [0.717, 1.165) is 11.4 Å². The lowest BCUT2D eigenvalue weighted by Crippen LogP contribution is -2.32. The molecular formula is C13H13N5O. The normalized spacial score (nSPS) is 17.5. The first-order valence-corrected chi connectivity index (χ1v) is 5.91. The molecule has 0 radical (unpaired) electrons. The molecule has 0 saturated heterocycles. The summed E-state index contributed by atoms with van der Waals surface area (Å²) in [5, 5.41) is 15.8. The van der Waals surface area contributed by atoms with Crippen LogP contribution in [0.2, 0.25) is 0 Å². The highest BCUT2D eigenvalue weighted by molar-refractivity contribution is 5.60. The van der Waals surface area contributed by atoms with E-state index in [0.29, 0.717) is 17.8 Å². The predicted octanol–water partition coefficient (Wildman–Crippen LogP) is 1.43. The van der Waals surface area contributed by atoms with Gasteiger partial charge in [-0.3, -0.25) is 5.10 Å². The molecular weight excluding hydrogens is 242 g/mol. The Kier molecular flexibility index (Phi) is 2.53. The monoisotopic (exact) mass is 255 g/mol. The number of aromatic nitrogens is 2. The third kappa shape index (κ3) is 1.76. The largest absolute Gasteiger partial charge is 0.480 e. The summed E-state index contributed by atoms with van der Waals surface area (Å²) in [7, 11) is 1.98. The number of nitrogen functional groups attached to an aromatic ring is 1. The van der Waals surface area contributed by atoms with Gasteiger partial charge >= 0.3 is 0 Å². The number of anilines is 2. The molecule has 2 heterocycles. The van der Waals surface area contributed by atoms with Crippen molar-refractivity contribution in [1.29, 1.82) is 5.26 Å². The molecule has 1 atom stereocenters. The van der Waals surface area contributed by atoms with E-state index in [-0.39, 0.29) is 11.9 Å². The molecule has 1 unspecified atom stereocenters. The summed E-state index contributed by atoms with van der Waals surface area (Å²) in [6.45, 7) is 0.621. The standard InChI is InChI=1S/C13H13N5O/c1-18-7-11(12-8(6-14)13(15)17-16-12)19-10-5-3-2-4-9(10)18/h2-5,11H,7H2,1H3,(H3,15,16,17). The number of nitrogens with zero attached hydrogens (tertiary/aromatic N) is 3. The Morgan fingerprint density at radius 1 is 1.53 bits per heavy atom. The van der Waals surface area contributed by atoms with E-state index in [9.17, 15) is 0 Å². The fourth-order valence-corrected chi connectivity index (χ4v) is 2.27. The number of likely N-dealkylation sites (N-methyl/N-ethyl adjacent to an activating group) is 1. The summed E-state index contributed by atoms with van der Waals surface area (Å²) in [6.07, 6.45) is -0.303. The van der Waals surface area contributed by atoms with Crippen LogP contribution >= 0.6 is 0 Å². The maximum absolute atomic E-state index is 9.12. The Hall–Kier alpha value is -2.68. The minimum Gasteiger partial charge on any atom is -0.480 e. The lowest BCUT2D eigenvalue weighted by Gasteiger charge is -2.33. The molecule has 6 nitrogen and oxygen atoms in total. The van der Waals surface area contributed by atoms with Crippen molar-refractivity contribution in [2.75, 3.05) is 24.2 Å². The van der Waals surface area contributed by atoms with Crippen LogP contribution in [0.3, 0.4) is 0 Å². The lowest BCUT2D eigenvalue weighted by atomic mass is 10.1. The lowest BCUT2D eigenvalue weighted by molar-refractivity contribution is 0.195. The topological polar surface area (TPSA) is 91.0 Å². The smallest absolute Gasteiger partial charge is 0.161 e. The fraction of sp³-hybridized carbons (Fsp3) is 0.231. The average molecular weight is 255 g/mol. The molecule has 3 rings (SSSR count). The summed E-state index contributed by atoms with van der Waals surface area (Å²) in [5.74, 6) is 1.06. The van der Waals surface area contributed by atoms with Crippen LogP contribution in [0.5, 0.6) is 5.75 Å². The number of aromatic amines is 1. The van der Waals surface area contributed by atoms with Crippen LogP contribution in [0.1, 0.15) is 17.4 Å². The predicted molar refractivity (Wildman–Crippen MR) is 70.8 cm³/mol. The molecule has 19 heavy (non-hydrogen) atoms. The second kappa shape index (κ2) is 4.21. The SMILES string of the molecule is CN1CC(c2n[nH]c(N)c2C#N)Oc2ccccc21. The molecule has 1 aliphatic rings. The van der Waals surface area contributed by atoms with E-state index in [1.165, 1.54) is 0 Å². The zero-order valence-electron chi connectivity index (χ0n) is 10.4. The summed E-state index contributed by atoms with van der Waals surface area (Å²) in [5.41, 5.74) is 7.62. The number of hydrogen-bond donors (Lipinski definition) is 2. The highest BCUT2D eigenvalue weighted by Gasteiger charge is 2.29. The third-order valence-corrected chi connectivity index (χ3v) is 3.22. The van der Waals surface area contributed by atoms with Crippen molar-refractivity contribution in [2.24, 2.45) is 0 Å². The molecule has 2 aromatic rings. The molecule has 3 N–H and O–H groups in total. The summed E-state index contributed by atoms with van der Waals surface area (Å²) >= 11 is 0. The molecule has 1 aromatic carbocycles. The van der Waals surface area contributed by atoms with Gasteiger partial charge in [0.25, 0.3) is 0 Å². The van der Waals surface area contributed by atoms with Crippen molar-refractivity contribution in [3.8, 4) is 11.8 Å². The number of para-hydroxylation sites is 2. The fourth-order valence-electron chi connectivity index (χ4n) is 2.27. The van der Waals surface area contributed by atoms with E-state index in [2.05, 4.69) is 21.2 Å². The molecule has 0 spiro atoms. The van der Waals surface area contributed by atoms with Crippen LogP contribution in [0.25, 0.3) is 0 Å². The van der Waals surface area contributed by atoms with Crippen LogP contribution < -0.4 is 15.4 Å². The van der Waals surface area contributed by atoms with Crippen molar-refractivity contribution < 1.29 is 4.74 Å². The second-order valence-electron chi connectivity index (χ2n) is 4.46. The first kappa shape index (κ1) is 11.4. The van der Waals surface area contributed by atoms with Crippen molar-refractivity contribution in [3.63, 3.8) is 0 Å². The van der Waals surface area contributed by atoms with Crippen molar-refractivity contribution >= 4 is 11.5 Å². The van der Waals surface area contributed by atoms with Crippen LogP contribution in [0.15, 0.2) is 24.3 Å². The zero-order valence-corrected chi connectivity index (χ0v) is 10.4. The second-order valence-corrected chi connectivity index (χ2v) is 4.46. The van der Waals surface area contributed by atoms with Crippen LogP contribution in [0, 0.1) is 11.3 Å². The Balaban J connectivity index is 2.00. The quantitative estimate of drug-likeness (QED) is 0.804. The van der Waals surface area contributed by atoms with E-state index < -0.39 is 0 Å². The first-order chi connectivity index (χ1) is 9.20. The van der Waals surface area contributed by atoms with Gasteiger partial charge in [-0.25, -0.2) is 0 Å². The molecule has 0 bridgehead atoms. The van der Waals surface area contributed by atoms with Gasteiger partial charge in [-0.1, -0.05) is 12.1 Å². The Morgan fingerprint density at radius 3 is 3.11 bits per heavy atom. The number of nitrogens with two attached hydrogens (primary N) is 1. The van der Waals surface area contributed by atoms with E-state index in [1.807, 2.05) is 31.3 Å². The summed E-state index contributed by atoms with van der Waals surface area (Å²) in [6, 6.07) is 9.84. The van der Waals surface area contributed by atoms with Crippen molar-refractivity contribution in [1.82, 2.24) is 10.2 Å². The van der Waals surface area contributed by atoms with Gasteiger partial charge in [-0.2, -0.15) is 10.4 Å². The number of benzene rings is 1. The molecule has 0 fully saturated rings. The Labute approximate surface area is 110 Å². The van der Waals surface area contributed by atoms with E-state index in [4.69, 9.17) is 15.7 Å². The van der Waals surface area contributed by atoms with E-state index >= 15 is 0 Å². The molecule has 6 heteroatoms. The molecule has 0 saturated carbocycles. The summed E-state index contributed by atoms with van der Waals surface area (Å²) < 4.78 is 5.91. The molecule has 0 aliphatic carbocycles. The number of nitrogens with one attached hydrogen (secondary N) is 1. The number of hydrogen-bond acceptors (Lipinski definition) is 5. The number of rotatable bonds is 1. The van der Waals surface area contributed by atoms with Crippen LogP contribution in [-0.2, 0) is 0 Å². The number of nitriles is 1. The number of ether oxygens (including phenoxy) is 1. The molecule has 96 valence electrons. The van der Waals surface area contributed by atoms with Crippen LogP contribution in [-0.4, -0.2) is 23.8 Å². The average Bonchev–Trinajstić information content (AvgIpc) is 2.80. The van der Waals surface area contributed by atoms with Crippen molar-refractivity contribution in [3.05, 3.63) is 35.5 Å². The molecule has 1 aliphatic heterocycles.